The van der Waals surface area contributed by atoms with Crippen LogP contribution in [0.25, 0.3) is 0 Å². The second-order valence-corrected chi connectivity index (χ2v) is 7.44. The molecule has 1 aliphatic rings. The number of amides is 2. The number of primary amides is 1. The Morgan fingerprint density at radius 3 is 2.20 bits per heavy atom. The molecule has 1 aliphatic carbocycles. The van der Waals surface area contributed by atoms with Crippen molar-refractivity contribution in [3.05, 3.63) is 59.2 Å². The summed E-state index contributed by atoms with van der Waals surface area (Å²) in [7, 11) is 0. The summed E-state index contributed by atoms with van der Waals surface area (Å²) in [5.41, 5.74) is 8.82. The molecule has 2 aromatic rings. The highest BCUT2D eigenvalue weighted by Crippen LogP contribution is 2.49. The first kappa shape index (κ1) is 22.0. The summed E-state index contributed by atoms with van der Waals surface area (Å²) >= 11 is 0. The molecule has 6 heteroatoms. The van der Waals surface area contributed by atoms with E-state index in [0.29, 0.717) is 45.4 Å². The third kappa shape index (κ3) is 6.13. The van der Waals surface area contributed by atoms with Gasteiger partial charge in [-0.15, -0.1) is 0 Å². The van der Waals surface area contributed by atoms with Gasteiger partial charge in [0.2, 0.25) is 0 Å². The van der Waals surface area contributed by atoms with Gasteiger partial charge in [-0.25, -0.2) is 4.79 Å². The molecule has 3 rings (SSSR count). The Morgan fingerprint density at radius 2 is 1.67 bits per heavy atom. The molecule has 6 nitrogen and oxygen atoms in total. The maximum Gasteiger partial charge on any atom is 0.315 e. The van der Waals surface area contributed by atoms with E-state index in [-0.39, 0.29) is 0 Å². The van der Waals surface area contributed by atoms with Crippen molar-refractivity contribution in [1.82, 2.24) is 4.90 Å². The Morgan fingerprint density at radius 1 is 1.03 bits per heavy atom. The zero-order chi connectivity index (χ0) is 21.3. The Kier molecular flexibility index (Phi) is 7.97. The van der Waals surface area contributed by atoms with Crippen LogP contribution in [0.1, 0.15) is 49.3 Å². The largest absolute Gasteiger partial charge is 0.493 e. The van der Waals surface area contributed by atoms with Crippen LogP contribution in [0.4, 0.5) is 4.79 Å². The number of nitrogens with zero attached hydrogens (tertiary/aromatic N) is 1. The van der Waals surface area contributed by atoms with E-state index in [4.69, 9.17) is 19.9 Å². The average molecular weight is 413 g/mol. The number of urea groups is 1. The molecule has 30 heavy (non-hydrogen) atoms. The van der Waals surface area contributed by atoms with Crippen LogP contribution in [0.2, 0.25) is 0 Å². The van der Waals surface area contributed by atoms with E-state index >= 15 is 0 Å². The Hall–Kier alpha value is -2.73. The van der Waals surface area contributed by atoms with Crippen molar-refractivity contribution < 1.29 is 19.0 Å². The van der Waals surface area contributed by atoms with E-state index in [2.05, 4.69) is 0 Å². The molecule has 0 aliphatic heterocycles. The topological polar surface area (TPSA) is 74.0 Å². The molecule has 2 amide bonds. The summed E-state index contributed by atoms with van der Waals surface area (Å²) in [6.45, 7) is 6.84. The molecular formula is C24H32N2O4. The van der Waals surface area contributed by atoms with E-state index in [1.54, 1.807) is 4.90 Å². The second kappa shape index (κ2) is 10.9. The maximum atomic E-state index is 12.0. The van der Waals surface area contributed by atoms with Crippen molar-refractivity contribution >= 4 is 6.03 Å². The summed E-state index contributed by atoms with van der Waals surface area (Å²) in [5.74, 6) is 2.21. The van der Waals surface area contributed by atoms with Crippen molar-refractivity contribution in [2.24, 2.45) is 5.73 Å². The molecule has 0 bridgehead atoms. The zero-order valence-electron chi connectivity index (χ0n) is 17.9. The number of benzene rings is 2. The third-order valence-electron chi connectivity index (χ3n) is 5.05. The quantitative estimate of drug-likeness (QED) is 0.523. The predicted molar refractivity (Wildman–Crippen MR) is 117 cm³/mol. The zero-order valence-corrected chi connectivity index (χ0v) is 17.9. The summed E-state index contributed by atoms with van der Waals surface area (Å²) in [6.07, 6.45) is 2.32. The van der Waals surface area contributed by atoms with Gasteiger partial charge in [0, 0.05) is 18.7 Å². The molecule has 162 valence electrons. The van der Waals surface area contributed by atoms with Gasteiger partial charge < -0.3 is 24.8 Å². The van der Waals surface area contributed by atoms with Crippen molar-refractivity contribution in [3.8, 4) is 11.5 Å². The molecule has 0 saturated heterocycles. The highest BCUT2D eigenvalue weighted by atomic mass is 16.5. The van der Waals surface area contributed by atoms with Crippen LogP contribution in [0, 0.1) is 0 Å². The number of carbonyl (C=O) groups is 1. The van der Waals surface area contributed by atoms with Crippen LogP contribution in [0.5, 0.6) is 11.5 Å². The summed E-state index contributed by atoms with van der Waals surface area (Å²) in [5, 5.41) is 0. The molecule has 0 radical (unpaired) electrons. The fourth-order valence-corrected chi connectivity index (χ4v) is 3.50. The summed E-state index contributed by atoms with van der Waals surface area (Å²) in [6, 6.07) is 13.5. The first-order valence-electron chi connectivity index (χ1n) is 10.7. The standard InChI is InChI=1S/C24H32N2O4/c1-3-29-21-14-19(15-22(30-4-2)23(21)20-10-11-20)16-26(24(25)27)12-13-28-17-18-8-6-5-7-9-18/h5-9,14-15,20H,3-4,10-13,16-17H2,1-2H3,(H2,25,27). The van der Waals surface area contributed by atoms with Gasteiger partial charge in [0.15, 0.2) is 0 Å². The van der Waals surface area contributed by atoms with Crippen LogP contribution in [0.15, 0.2) is 42.5 Å². The fraction of sp³-hybridized carbons (Fsp3) is 0.458. The van der Waals surface area contributed by atoms with Gasteiger partial charge in [0.05, 0.1) is 26.4 Å². The van der Waals surface area contributed by atoms with Gasteiger partial charge in [-0.05, 0) is 55.9 Å². The lowest BCUT2D eigenvalue weighted by atomic mass is 10.0. The lowest BCUT2D eigenvalue weighted by Gasteiger charge is -2.23. The number of carbonyl (C=O) groups excluding carboxylic acids is 1. The summed E-state index contributed by atoms with van der Waals surface area (Å²) < 4.78 is 17.6. The Bertz CT molecular complexity index is 794. The van der Waals surface area contributed by atoms with Gasteiger partial charge in [-0.1, -0.05) is 30.3 Å². The van der Waals surface area contributed by atoms with Gasteiger partial charge >= 0.3 is 6.03 Å². The van der Waals surface area contributed by atoms with Crippen molar-refractivity contribution in [2.75, 3.05) is 26.4 Å². The van der Waals surface area contributed by atoms with Crippen LogP contribution in [0.3, 0.4) is 0 Å². The fourth-order valence-electron chi connectivity index (χ4n) is 3.50. The van der Waals surface area contributed by atoms with Gasteiger partial charge in [-0.3, -0.25) is 0 Å². The van der Waals surface area contributed by atoms with Crippen LogP contribution in [-0.2, 0) is 17.9 Å². The number of hydrogen-bond donors (Lipinski definition) is 1. The maximum absolute atomic E-state index is 12.0. The SMILES string of the molecule is CCOc1cc(CN(CCOCc2ccccc2)C(N)=O)cc(OCC)c1C1CC1. The second-order valence-electron chi connectivity index (χ2n) is 7.44. The lowest BCUT2D eigenvalue weighted by Crippen LogP contribution is -2.37. The van der Waals surface area contributed by atoms with E-state index in [1.165, 1.54) is 0 Å². The lowest BCUT2D eigenvalue weighted by molar-refractivity contribution is 0.0986. The van der Waals surface area contributed by atoms with Crippen LogP contribution in [-0.4, -0.2) is 37.3 Å². The van der Waals surface area contributed by atoms with Crippen molar-refractivity contribution in [2.45, 2.75) is 45.8 Å². The molecule has 1 fully saturated rings. The molecule has 0 aromatic heterocycles. The monoisotopic (exact) mass is 412 g/mol. The minimum atomic E-state index is -0.472. The Labute approximate surface area is 178 Å². The number of nitrogens with two attached hydrogens (primary N) is 1. The van der Waals surface area contributed by atoms with Crippen molar-refractivity contribution in [1.29, 1.82) is 0 Å². The van der Waals surface area contributed by atoms with Crippen LogP contribution < -0.4 is 15.2 Å². The smallest absolute Gasteiger partial charge is 0.315 e. The highest BCUT2D eigenvalue weighted by Gasteiger charge is 2.31. The molecule has 0 heterocycles. The molecule has 0 spiro atoms. The third-order valence-corrected chi connectivity index (χ3v) is 5.05. The van der Waals surface area contributed by atoms with Gasteiger partial charge in [0.25, 0.3) is 0 Å². The number of ether oxygens (including phenoxy) is 3. The number of rotatable bonds is 12. The predicted octanol–water partition coefficient (Wildman–Crippen LogP) is 4.46. The van der Waals surface area contributed by atoms with Crippen molar-refractivity contribution in [3.63, 3.8) is 0 Å². The van der Waals surface area contributed by atoms with E-state index in [0.717, 1.165) is 41.0 Å². The normalized spacial score (nSPS) is 13.1. The first-order chi connectivity index (χ1) is 14.6. The molecule has 0 unspecified atom stereocenters. The molecule has 1 saturated carbocycles. The summed E-state index contributed by atoms with van der Waals surface area (Å²) in [4.78, 5) is 13.6. The van der Waals surface area contributed by atoms with Gasteiger partial charge in [-0.2, -0.15) is 0 Å². The van der Waals surface area contributed by atoms with E-state index < -0.39 is 6.03 Å². The van der Waals surface area contributed by atoms with Crippen LogP contribution >= 0.6 is 0 Å². The van der Waals surface area contributed by atoms with Gasteiger partial charge in [0.1, 0.15) is 11.5 Å². The highest BCUT2D eigenvalue weighted by molar-refractivity contribution is 5.72. The first-order valence-corrected chi connectivity index (χ1v) is 10.7. The molecular weight excluding hydrogens is 380 g/mol. The van der Waals surface area contributed by atoms with E-state index in [9.17, 15) is 4.79 Å². The molecule has 2 aromatic carbocycles. The molecule has 0 atom stereocenters. The minimum Gasteiger partial charge on any atom is -0.493 e. The Balaban J connectivity index is 1.67. The molecule has 2 N–H and O–H groups in total. The average Bonchev–Trinajstić information content (AvgIpc) is 3.56. The number of hydrogen-bond acceptors (Lipinski definition) is 4. The minimum absolute atomic E-state index is 0.384. The van der Waals surface area contributed by atoms with E-state index in [1.807, 2.05) is 56.3 Å².